The predicted molar refractivity (Wildman–Crippen MR) is 62.9 cm³/mol. The van der Waals surface area contributed by atoms with E-state index in [-0.39, 0.29) is 0 Å². The van der Waals surface area contributed by atoms with Gasteiger partial charge in [-0.1, -0.05) is 13.0 Å². The molecule has 0 aliphatic carbocycles. The van der Waals surface area contributed by atoms with Gasteiger partial charge in [0.15, 0.2) is 0 Å². The van der Waals surface area contributed by atoms with Gasteiger partial charge in [0.1, 0.15) is 0 Å². The van der Waals surface area contributed by atoms with Gasteiger partial charge in [0, 0.05) is 13.6 Å². The molecule has 0 aromatic heterocycles. The van der Waals surface area contributed by atoms with Crippen LogP contribution < -0.4 is 16.4 Å². The molecule has 0 atom stereocenters. The Morgan fingerprint density at radius 1 is 1.47 bits per heavy atom. The van der Waals surface area contributed by atoms with Gasteiger partial charge in [0.25, 0.3) is 5.91 Å². The molecule has 1 amide bonds. The van der Waals surface area contributed by atoms with E-state index < -0.39 is 5.91 Å². The highest BCUT2D eigenvalue weighted by molar-refractivity contribution is 6.01. The molecule has 82 valence electrons. The zero-order valence-electron chi connectivity index (χ0n) is 9.16. The number of hydrogen-bond donors (Lipinski definition) is 2. The van der Waals surface area contributed by atoms with E-state index in [2.05, 4.69) is 6.92 Å². The van der Waals surface area contributed by atoms with Crippen molar-refractivity contribution in [1.82, 2.24) is 0 Å². The standard InChI is InChI=1S/C11H17N3O/c1-3-7-14(2)10-8(11(13)15)5-4-6-9(10)12/h4-6H,3,7,12H2,1-2H3,(H2,13,15). The van der Waals surface area contributed by atoms with Crippen molar-refractivity contribution in [2.45, 2.75) is 13.3 Å². The van der Waals surface area contributed by atoms with Crippen LogP contribution in [0.25, 0.3) is 0 Å². The number of rotatable bonds is 4. The number of carbonyl (C=O) groups excluding carboxylic acids is 1. The topological polar surface area (TPSA) is 72.3 Å². The summed E-state index contributed by atoms with van der Waals surface area (Å²) in [6, 6.07) is 5.20. The van der Waals surface area contributed by atoms with Crippen LogP contribution in [0.5, 0.6) is 0 Å². The van der Waals surface area contributed by atoms with Crippen LogP contribution in [0.15, 0.2) is 18.2 Å². The summed E-state index contributed by atoms with van der Waals surface area (Å²) in [6.07, 6.45) is 0.989. The zero-order valence-corrected chi connectivity index (χ0v) is 9.16. The molecule has 0 saturated heterocycles. The molecule has 0 bridgehead atoms. The number of benzene rings is 1. The van der Waals surface area contributed by atoms with Gasteiger partial charge in [0.2, 0.25) is 0 Å². The fourth-order valence-electron chi connectivity index (χ4n) is 1.63. The van der Waals surface area contributed by atoms with E-state index in [1.807, 2.05) is 11.9 Å². The Morgan fingerprint density at radius 2 is 2.13 bits per heavy atom. The molecule has 0 spiro atoms. The second kappa shape index (κ2) is 4.68. The minimum atomic E-state index is -0.444. The highest BCUT2D eigenvalue weighted by Gasteiger charge is 2.13. The monoisotopic (exact) mass is 207 g/mol. The molecule has 4 nitrogen and oxygen atoms in total. The van der Waals surface area contributed by atoms with Crippen LogP contribution >= 0.6 is 0 Å². The Morgan fingerprint density at radius 3 is 2.67 bits per heavy atom. The fourth-order valence-corrected chi connectivity index (χ4v) is 1.63. The number of hydrogen-bond acceptors (Lipinski definition) is 3. The first-order chi connectivity index (χ1) is 7.07. The van der Waals surface area contributed by atoms with Crippen molar-refractivity contribution in [1.29, 1.82) is 0 Å². The van der Waals surface area contributed by atoms with Gasteiger partial charge in [-0.15, -0.1) is 0 Å². The summed E-state index contributed by atoms with van der Waals surface area (Å²) in [5, 5.41) is 0. The van der Waals surface area contributed by atoms with Crippen LogP contribution in [0.2, 0.25) is 0 Å². The lowest BCUT2D eigenvalue weighted by Crippen LogP contribution is -2.24. The van der Waals surface area contributed by atoms with Crippen molar-refractivity contribution in [3.8, 4) is 0 Å². The van der Waals surface area contributed by atoms with Crippen molar-refractivity contribution in [3.63, 3.8) is 0 Å². The van der Waals surface area contributed by atoms with E-state index in [9.17, 15) is 4.79 Å². The third-order valence-electron chi connectivity index (χ3n) is 2.27. The normalized spacial score (nSPS) is 10.0. The summed E-state index contributed by atoms with van der Waals surface area (Å²) in [7, 11) is 1.90. The SMILES string of the molecule is CCCN(C)c1c(N)cccc1C(N)=O. The van der Waals surface area contributed by atoms with Gasteiger partial charge < -0.3 is 16.4 Å². The number of nitrogens with zero attached hydrogens (tertiary/aromatic N) is 1. The summed E-state index contributed by atoms with van der Waals surface area (Å²) in [5.74, 6) is -0.444. The average Bonchev–Trinajstić information content (AvgIpc) is 2.17. The van der Waals surface area contributed by atoms with Crippen molar-refractivity contribution in [2.24, 2.45) is 5.73 Å². The van der Waals surface area contributed by atoms with Crippen molar-refractivity contribution >= 4 is 17.3 Å². The molecular weight excluding hydrogens is 190 g/mol. The molecule has 0 fully saturated rings. The van der Waals surface area contributed by atoms with Crippen LogP contribution in [0.3, 0.4) is 0 Å². The first-order valence-electron chi connectivity index (χ1n) is 4.97. The summed E-state index contributed by atoms with van der Waals surface area (Å²) >= 11 is 0. The lowest BCUT2D eigenvalue weighted by atomic mass is 10.1. The smallest absolute Gasteiger partial charge is 0.250 e. The van der Waals surface area contributed by atoms with Crippen molar-refractivity contribution in [3.05, 3.63) is 23.8 Å². The van der Waals surface area contributed by atoms with Gasteiger partial charge >= 0.3 is 0 Å². The number of para-hydroxylation sites is 1. The number of amides is 1. The molecule has 0 unspecified atom stereocenters. The van der Waals surface area contributed by atoms with Crippen molar-refractivity contribution in [2.75, 3.05) is 24.2 Å². The van der Waals surface area contributed by atoms with Crippen molar-refractivity contribution < 1.29 is 4.79 Å². The lowest BCUT2D eigenvalue weighted by Gasteiger charge is -2.22. The molecule has 0 heterocycles. The third kappa shape index (κ3) is 2.40. The van der Waals surface area contributed by atoms with Crippen LogP contribution in [0, 0.1) is 0 Å². The van der Waals surface area contributed by atoms with Gasteiger partial charge in [-0.2, -0.15) is 0 Å². The summed E-state index contributed by atoms with van der Waals surface area (Å²) < 4.78 is 0. The maximum absolute atomic E-state index is 11.2. The van der Waals surface area contributed by atoms with Crippen LogP contribution in [0.4, 0.5) is 11.4 Å². The third-order valence-corrected chi connectivity index (χ3v) is 2.27. The molecule has 4 heteroatoms. The van der Waals surface area contributed by atoms with E-state index in [1.165, 1.54) is 0 Å². The van der Waals surface area contributed by atoms with Crippen LogP contribution in [-0.4, -0.2) is 19.5 Å². The van der Waals surface area contributed by atoms with Gasteiger partial charge in [0.05, 0.1) is 16.9 Å². The quantitative estimate of drug-likeness (QED) is 0.729. The molecule has 1 rings (SSSR count). The van der Waals surface area contributed by atoms with Crippen LogP contribution in [0.1, 0.15) is 23.7 Å². The number of primary amides is 1. The average molecular weight is 207 g/mol. The molecule has 1 aromatic carbocycles. The van der Waals surface area contributed by atoms with Gasteiger partial charge in [-0.3, -0.25) is 4.79 Å². The molecule has 0 saturated carbocycles. The van der Waals surface area contributed by atoms with Crippen LogP contribution in [-0.2, 0) is 0 Å². The number of nitrogens with two attached hydrogens (primary N) is 2. The van der Waals surface area contributed by atoms with Gasteiger partial charge in [-0.05, 0) is 18.6 Å². The Balaban J connectivity index is 3.18. The molecule has 1 aromatic rings. The maximum atomic E-state index is 11.2. The molecule has 0 aliphatic rings. The summed E-state index contributed by atoms with van der Waals surface area (Å²) in [5.41, 5.74) is 12.9. The first-order valence-corrected chi connectivity index (χ1v) is 4.97. The molecule has 4 N–H and O–H groups in total. The Bertz CT molecular complexity index is 363. The Labute approximate surface area is 89.9 Å². The highest BCUT2D eigenvalue weighted by Crippen LogP contribution is 2.26. The van der Waals surface area contributed by atoms with E-state index in [0.717, 1.165) is 18.7 Å². The fraction of sp³-hybridized carbons (Fsp3) is 0.364. The Kier molecular flexibility index (Phi) is 3.55. The first kappa shape index (κ1) is 11.4. The summed E-state index contributed by atoms with van der Waals surface area (Å²) in [4.78, 5) is 13.2. The zero-order chi connectivity index (χ0) is 11.4. The maximum Gasteiger partial charge on any atom is 0.250 e. The van der Waals surface area contributed by atoms with E-state index in [1.54, 1.807) is 18.2 Å². The number of anilines is 2. The largest absolute Gasteiger partial charge is 0.397 e. The second-order valence-electron chi connectivity index (χ2n) is 3.53. The van der Waals surface area contributed by atoms with E-state index in [4.69, 9.17) is 11.5 Å². The predicted octanol–water partition coefficient (Wildman–Crippen LogP) is 1.21. The minimum absolute atomic E-state index is 0.444. The highest BCUT2D eigenvalue weighted by atomic mass is 16.1. The van der Waals surface area contributed by atoms with E-state index in [0.29, 0.717) is 11.3 Å². The summed E-state index contributed by atoms with van der Waals surface area (Å²) in [6.45, 7) is 2.91. The Hall–Kier alpha value is -1.71. The van der Waals surface area contributed by atoms with E-state index >= 15 is 0 Å². The minimum Gasteiger partial charge on any atom is -0.397 e. The second-order valence-corrected chi connectivity index (χ2v) is 3.53. The van der Waals surface area contributed by atoms with Gasteiger partial charge in [-0.25, -0.2) is 0 Å². The number of nitrogen functional groups attached to an aromatic ring is 1. The molecule has 15 heavy (non-hydrogen) atoms. The molecule has 0 radical (unpaired) electrons. The lowest BCUT2D eigenvalue weighted by molar-refractivity contribution is 0.100. The number of carbonyl (C=O) groups is 1. The molecular formula is C11H17N3O. The molecule has 0 aliphatic heterocycles.